The number of nitriles is 1. The molecule has 1 aromatic carbocycles. The van der Waals surface area contributed by atoms with Gasteiger partial charge in [-0.3, -0.25) is 9.59 Å². The zero-order chi connectivity index (χ0) is 18.2. The smallest absolute Gasteiger partial charge is 0.230 e. The van der Waals surface area contributed by atoms with Crippen LogP contribution in [0.25, 0.3) is 0 Å². The fourth-order valence-electron chi connectivity index (χ4n) is 2.51. The van der Waals surface area contributed by atoms with Crippen LogP contribution in [-0.2, 0) is 9.59 Å². The van der Waals surface area contributed by atoms with Crippen LogP contribution in [0.1, 0.15) is 37.7 Å². The Balaban J connectivity index is 2.13. The molecule has 5 nitrogen and oxygen atoms in total. The Bertz CT molecular complexity index is 710. The van der Waals surface area contributed by atoms with E-state index in [4.69, 9.17) is 11.6 Å². The fraction of sp³-hybridized carbons (Fsp3) is 0.389. The zero-order valence-corrected chi connectivity index (χ0v) is 15.5. The molecule has 1 atom stereocenters. The molecule has 0 saturated carbocycles. The number of hydrogen-bond acceptors (Lipinski definition) is 4. The monoisotopic (exact) mass is 377 g/mol. The van der Waals surface area contributed by atoms with Gasteiger partial charge in [0.25, 0.3) is 0 Å². The van der Waals surface area contributed by atoms with Gasteiger partial charge in [0.1, 0.15) is 0 Å². The van der Waals surface area contributed by atoms with Gasteiger partial charge in [-0.05, 0) is 24.1 Å². The van der Waals surface area contributed by atoms with Gasteiger partial charge in [-0.15, -0.1) is 0 Å². The first kappa shape index (κ1) is 19.4. The molecule has 0 radical (unpaired) electrons. The number of halogens is 1. The van der Waals surface area contributed by atoms with E-state index in [0.29, 0.717) is 22.2 Å². The van der Waals surface area contributed by atoms with Crippen molar-refractivity contribution in [2.24, 2.45) is 0 Å². The Morgan fingerprint density at radius 1 is 1.44 bits per heavy atom. The first-order valence-electron chi connectivity index (χ1n) is 8.14. The summed E-state index contributed by atoms with van der Waals surface area (Å²) in [6.45, 7) is 2.69. The van der Waals surface area contributed by atoms with Crippen molar-refractivity contribution in [1.29, 1.82) is 5.26 Å². The molecule has 0 aromatic heterocycles. The van der Waals surface area contributed by atoms with Crippen molar-refractivity contribution in [1.82, 2.24) is 10.6 Å². The second-order valence-electron chi connectivity index (χ2n) is 5.70. The lowest BCUT2D eigenvalue weighted by Crippen LogP contribution is -2.32. The van der Waals surface area contributed by atoms with Gasteiger partial charge in [0, 0.05) is 23.9 Å². The number of amides is 2. The predicted molar refractivity (Wildman–Crippen MR) is 100.0 cm³/mol. The number of allylic oxidation sites excluding steroid dienone is 1. The lowest BCUT2D eigenvalue weighted by atomic mass is 9.87. The van der Waals surface area contributed by atoms with Gasteiger partial charge in [-0.1, -0.05) is 48.8 Å². The molecule has 1 aromatic rings. The molecular weight excluding hydrogens is 358 g/mol. The first-order valence-corrected chi connectivity index (χ1v) is 9.50. The summed E-state index contributed by atoms with van der Waals surface area (Å²) in [4.78, 5) is 23.9. The maximum Gasteiger partial charge on any atom is 0.230 e. The largest absolute Gasteiger partial charge is 0.355 e. The van der Waals surface area contributed by atoms with Crippen LogP contribution < -0.4 is 10.6 Å². The van der Waals surface area contributed by atoms with Crippen molar-refractivity contribution in [2.45, 2.75) is 32.1 Å². The molecule has 0 fully saturated rings. The average molecular weight is 378 g/mol. The molecule has 132 valence electrons. The minimum atomic E-state index is -0.318. The summed E-state index contributed by atoms with van der Waals surface area (Å²) < 4.78 is 0. The molecule has 25 heavy (non-hydrogen) atoms. The molecular formula is C18H20ClN3O2S. The normalized spacial score (nSPS) is 17.0. The van der Waals surface area contributed by atoms with Crippen LogP contribution in [0.5, 0.6) is 0 Å². The van der Waals surface area contributed by atoms with Crippen molar-refractivity contribution >= 4 is 35.2 Å². The van der Waals surface area contributed by atoms with E-state index in [2.05, 4.69) is 23.6 Å². The lowest BCUT2D eigenvalue weighted by molar-refractivity contribution is -0.121. The first-order chi connectivity index (χ1) is 12.0. The fourth-order valence-corrected chi connectivity index (χ4v) is 3.54. The predicted octanol–water partition coefficient (Wildman–Crippen LogP) is 3.33. The Labute approximate surface area is 156 Å². The van der Waals surface area contributed by atoms with E-state index < -0.39 is 0 Å². The van der Waals surface area contributed by atoms with Gasteiger partial charge in [0.15, 0.2) is 0 Å². The molecule has 1 aliphatic rings. The highest BCUT2D eigenvalue weighted by Gasteiger charge is 2.29. The SMILES string of the molecule is CCCCNC(=O)CSC1=C(C#N)[C@H](c2ccc(Cl)cc2)CC(=O)N1. The number of thioether (sulfide) groups is 1. The van der Waals surface area contributed by atoms with Crippen molar-refractivity contribution in [3.8, 4) is 6.07 Å². The number of carbonyl (C=O) groups is 2. The molecule has 0 unspecified atom stereocenters. The van der Waals surface area contributed by atoms with Crippen LogP contribution >= 0.6 is 23.4 Å². The summed E-state index contributed by atoms with van der Waals surface area (Å²) >= 11 is 7.10. The third-order valence-corrected chi connectivity index (χ3v) is 5.10. The van der Waals surface area contributed by atoms with E-state index in [1.165, 1.54) is 11.8 Å². The summed E-state index contributed by atoms with van der Waals surface area (Å²) in [6, 6.07) is 9.32. The number of hydrogen-bond donors (Lipinski definition) is 2. The highest BCUT2D eigenvalue weighted by atomic mass is 35.5. The number of rotatable bonds is 7. The second-order valence-corrected chi connectivity index (χ2v) is 7.13. The number of nitrogens with zero attached hydrogens (tertiary/aromatic N) is 1. The summed E-state index contributed by atoms with van der Waals surface area (Å²) in [5.74, 6) is -0.418. The molecule has 0 spiro atoms. The molecule has 7 heteroatoms. The van der Waals surface area contributed by atoms with Gasteiger partial charge in [0.05, 0.1) is 22.4 Å². The molecule has 0 saturated heterocycles. The van der Waals surface area contributed by atoms with Gasteiger partial charge in [-0.2, -0.15) is 5.26 Å². The Morgan fingerprint density at radius 3 is 2.80 bits per heavy atom. The maximum atomic E-state index is 12.0. The summed E-state index contributed by atoms with van der Waals surface area (Å²) in [7, 11) is 0. The van der Waals surface area contributed by atoms with Gasteiger partial charge < -0.3 is 10.6 Å². The summed E-state index contributed by atoms with van der Waals surface area (Å²) in [5.41, 5.74) is 1.34. The quantitative estimate of drug-likeness (QED) is 0.714. The van der Waals surface area contributed by atoms with Crippen molar-refractivity contribution in [3.05, 3.63) is 45.5 Å². The highest BCUT2D eigenvalue weighted by Crippen LogP contribution is 2.36. The molecule has 2 amide bonds. The number of benzene rings is 1. The van der Waals surface area contributed by atoms with E-state index in [-0.39, 0.29) is 29.9 Å². The minimum absolute atomic E-state index is 0.105. The van der Waals surface area contributed by atoms with E-state index in [0.717, 1.165) is 18.4 Å². The van der Waals surface area contributed by atoms with E-state index in [1.54, 1.807) is 12.1 Å². The van der Waals surface area contributed by atoms with E-state index >= 15 is 0 Å². The number of nitrogens with one attached hydrogen (secondary N) is 2. The highest BCUT2D eigenvalue weighted by molar-refractivity contribution is 8.03. The van der Waals surface area contributed by atoms with Crippen LogP contribution in [0.3, 0.4) is 0 Å². The van der Waals surface area contributed by atoms with Crippen molar-refractivity contribution < 1.29 is 9.59 Å². The molecule has 1 heterocycles. The van der Waals surface area contributed by atoms with Gasteiger partial charge in [0.2, 0.25) is 11.8 Å². The van der Waals surface area contributed by atoms with Gasteiger partial charge in [-0.25, -0.2) is 0 Å². The molecule has 1 aliphatic heterocycles. The van der Waals surface area contributed by atoms with Crippen molar-refractivity contribution in [3.63, 3.8) is 0 Å². The van der Waals surface area contributed by atoms with E-state index in [1.807, 2.05) is 12.1 Å². The lowest BCUT2D eigenvalue weighted by Gasteiger charge is -2.25. The van der Waals surface area contributed by atoms with E-state index in [9.17, 15) is 14.9 Å². The standard InChI is InChI=1S/C18H20ClN3O2S/c1-2-3-8-21-17(24)11-25-18-15(10-20)14(9-16(23)22-18)12-4-6-13(19)7-5-12/h4-7,14H,2-3,8-9,11H2,1H3,(H,21,24)(H,22,23)/t14-/m0/s1. The Kier molecular flexibility index (Phi) is 7.35. The van der Waals surface area contributed by atoms with Crippen LogP contribution in [0.4, 0.5) is 0 Å². The maximum absolute atomic E-state index is 12.0. The van der Waals surface area contributed by atoms with Crippen LogP contribution in [0.15, 0.2) is 34.9 Å². The van der Waals surface area contributed by atoms with Crippen LogP contribution in [-0.4, -0.2) is 24.1 Å². The second kappa shape index (κ2) is 9.50. The Hall–Kier alpha value is -1.97. The van der Waals surface area contributed by atoms with Gasteiger partial charge >= 0.3 is 0 Å². The average Bonchev–Trinajstić information content (AvgIpc) is 2.60. The topological polar surface area (TPSA) is 82.0 Å². The summed E-state index contributed by atoms with van der Waals surface area (Å²) in [5, 5.41) is 16.2. The summed E-state index contributed by atoms with van der Waals surface area (Å²) in [6.07, 6.45) is 2.14. The molecule has 0 bridgehead atoms. The number of carbonyl (C=O) groups excluding carboxylic acids is 2. The Morgan fingerprint density at radius 2 is 2.16 bits per heavy atom. The van der Waals surface area contributed by atoms with Crippen molar-refractivity contribution in [2.75, 3.05) is 12.3 Å². The third kappa shape index (κ3) is 5.52. The zero-order valence-electron chi connectivity index (χ0n) is 14.0. The molecule has 2 rings (SSSR count). The molecule has 2 N–H and O–H groups in total. The number of unbranched alkanes of at least 4 members (excludes halogenated alkanes) is 1. The van der Waals surface area contributed by atoms with Crippen LogP contribution in [0, 0.1) is 11.3 Å². The third-order valence-electron chi connectivity index (χ3n) is 3.83. The molecule has 0 aliphatic carbocycles. The van der Waals surface area contributed by atoms with Crippen LogP contribution in [0.2, 0.25) is 5.02 Å². The minimum Gasteiger partial charge on any atom is -0.355 e.